The molecule has 1 unspecified atom stereocenters. The lowest BCUT2D eigenvalue weighted by Gasteiger charge is -2.36. The molecule has 1 N–H and O–H groups in total. The third-order valence-electron chi connectivity index (χ3n) is 4.81. The summed E-state index contributed by atoms with van der Waals surface area (Å²) in [5.41, 5.74) is 1.91. The quantitative estimate of drug-likeness (QED) is 0.867. The van der Waals surface area contributed by atoms with E-state index in [0.29, 0.717) is 12.5 Å². The lowest BCUT2D eigenvalue weighted by molar-refractivity contribution is -0.134. The summed E-state index contributed by atoms with van der Waals surface area (Å²) in [5, 5.41) is 11.2. The second-order valence-electron chi connectivity index (χ2n) is 6.51. The minimum absolute atomic E-state index is 0.0468. The van der Waals surface area contributed by atoms with Gasteiger partial charge in [0, 0.05) is 17.5 Å². The molecule has 1 saturated heterocycles. The fourth-order valence-corrected chi connectivity index (χ4v) is 4.16. The Morgan fingerprint density at radius 1 is 1.17 bits per heavy atom. The Bertz CT molecular complexity index is 636. The monoisotopic (exact) mass is 343 g/mol. The van der Waals surface area contributed by atoms with Gasteiger partial charge < -0.3 is 10.0 Å². The van der Waals surface area contributed by atoms with Crippen molar-refractivity contribution in [3.05, 3.63) is 57.8 Å². The van der Waals surface area contributed by atoms with Crippen molar-refractivity contribution < 1.29 is 9.90 Å². The van der Waals surface area contributed by atoms with Crippen molar-refractivity contribution in [3.8, 4) is 0 Å². The van der Waals surface area contributed by atoms with E-state index in [1.807, 2.05) is 24.3 Å². The molecule has 0 bridgehead atoms. The van der Waals surface area contributed by atoms with Crippen LogP contribution in [-0.4, -0.2) is 28.5 Å². The third kappa shape index (κ3) is 4.46. The standard InChI is InChI=1S/C20H25NO2S/c22-15-17-8-6-16(7-9-17)14-20(23)21-12-2-1-4-18(21)10-11-19-5-3-13-24-19/h3,5-9,13,18,22H,1-2,4,10-12,14-15H2. The lowest BCUT2D eigenvalue weighted by atomic mass is 9.96. The summed E-state index contributed by atoms with van der Waals surface area (Å²) >= 11 is 1.80. The summed E-state index contributed by atoms with van der Waals surface area (Å²) in [6.45, 7) is 0.938. The van der Waals surface area contributed by atoms with Gasteiger partial charge in [-0.1, -0.05) is 30.3 Å². The van der Waals surface area contributed by atoms with Crippen molar-refractivity contribution in [2.24, 2.45) is 0 Å². The van der Waals surface area contributed by atoms with Crippen LogP contribution in [0.4, 0.5) is 0 Å². The molecular weight excluding hydrogens is 318 g/mol. The summed E-state index contributed by atoms with van der Waals surface area (Å²) in [5.74, 6) is 0.239. The zero-order chi connectivity index (χ0) is 16.8. The first-order chi connectivity index (χ1) is 11.8. The molecule has 1 aliphatic heterocycles. The van der Waals surface area contributed by atoms with Crippen LogP contribution in [0.2, 0.25) is 0 Å². The topological polar surface area (TPSA) is 40.5 Å². The van der Waals surface area contributed by atoms with Crippen molar-refractivity contribution in [2.75, 3.05) is 6.54 Å². The van der Waals surface area contributed by atoms with Crippen LogP contribution in [0.3, 0.4) is 0 Å². The van der Waals surface area contributed by atoms with Gasteiger partial charge in [0.2, 0.25) is 5.91 Å². The van der Waals surface area contributed by atoms with Crippen LogP contribution in [-0.2, 0) is 24.2 Å². The van der Waals surface area contributed by atoms with Crippen LogP contribution in [0.25, 0.3) is 0 Å². The summed E-state index contributed by atoms with van der Waals surface area (Å²) in [6, 6.07) is 12.4. The largest absolute Gasteiger partial charge is 0.392 e. The predicted octanol–water partition coefficient (Wildman–Crippen LogP) is 3.80. The van der Waals surface area contributed by atoms with Gasteiger partial charge in [-0.3, -0.25) is 4.79 Å². The zero-order valence-corrected chi connectivity index (χ0v) is 14.8. The first-order valence-corrected chi connectivity index (χ1v) is 9.65. The molecule has 24 heavy (non-hydrogen) atoms. The highest BCUT2D eigenvalue weighted by Gasteiger charge is 2.26. The normalized spacial score (nSPS) is 17.9. The van der Waals surface area contributed by atoms with Crippen LogP contribution in [0, 0.1) is 0 Å². The second-order valence-corrected chi connectivity index (χ2v) is 7.54. The van der Waals surface area contributed by atoms with Gasteiger partial charge in [-0.2, -0.15) is 0 Å². The van der Waals surface area contributed by atoms with Crippen molar-refractivity contribution in [2.45, 2.75) is 51.2 Å². The molecule has 2 heterocycles. The number of carbonyl (C=O) groups excluding carboxylic acids is 1. The fraction of sp³-hybridized carbons (Fsp3) is 0.450. The van der Waals surface area contributed by atoms with Gasteiger partial charge in [0.15, 0.2) is 0 Å². The minimum Gasteiger partial charge on any atom is -0.392 e. The molecule has 0 aliphatic carbocycles. The fourth-order valence-electron chi connectivity index (χ4n) is 3.43. The number of hydrogen-bond donors (Lipinski definition) is 1. The van der Waals surface area contributed by atoms with E-state index >= 15 is 0 Å². The molecule has 1 fully saturated rings. The average molecular weight is 343 g/mol. The maximum absolute atomic E-state index is 12.8. The minimum atomic E-state index is 0.0468. The first-order valence-electron chi connectivity index (χ1n) is 8.77. The smallest absolute Gasteiger partial charge is 0.227 e. The van der Waals surface area contributed by atoms with Gasteiger partial charge in [0.25, 0.3) is 0 Å². The Balaban J connectivity index is 1.59. The van der Waals surface area contributed by atoms with E-state index in [1.54, 1.807) is 11.3 Å². The van der Waals surface area contributed by atoms with E-state index in [-0.39, 0.29) is 12.5 Å². The second kappa shape index (κ2) is 8.45. The number of hydrogen-bond acceptors (Lipinski definition) is 3. The molecule has 0 radical (unpaired) electrons. The highest BCUT2D eigenvalue weighted by molar-refractivity contribution is 7.09. The number of carbonyl (C=O) groups is 1. The van der Waals surface area contributed by atoms with E-state index in [1.165, 1.54) is 11.3 Å². The van der Waals surface area contributed by atoms with Crippen molar-refractivity contribution in [1.29, 1.82) is 0 Å². The number of benzene rings is 1. The van der Waals surface area contributed by atoms with Crippen molar-refractivity contribution >= 4 is 17.2 Å². The Kier molecular flexibility index (Phi) is 6.05. The SMILES string of the molecule is O=C(Cc1ccc(CO)cc1)N1CCCCC1CCc1cccs1. The molecule has 4 heteroatoms. The van der Waals surface area contributed by atoms with Crippen molar-refractivity contribution in [1.82, 2.24) is 4.90 Å². The molecule has 2 aromatic rings. The maximum atomic E-state index is 12.8. The number of thiophene rings is 1. The Hall–Kier alpha value is -1.65. The highest BCUT2D eigenvalue weighted by atomic mass is 32.1. The van der Waals surface area contributed by atoms with E-state index in [0.717, 1.165) is 43.4 Å². The molecule has 0 saturated carbocycles. The van der Waals surface area contributed by atoms with Gasteiger partial charge in [-0.25, -0.2) is 0 Å². The van der Waals surface area contributed by atoms with Crippen LogP contribution in [0.15, 0.2) is 41.8 Å². The van der Waals surface area contributed by atoms with Crippen LogP contribution in [0.5, 0.6) is 0 Å². The molecule has 1 aliphatic rings. The molecule has 1 aromatic heterocycles. The number of aliphatic hydroxyl groups excluding tert-OH is 1. The average Bonchev–Trinajstić information content (AvgIpc) is 3.14. The molecule has 1 aromatic carbocycles. The zero-order valence-electron chi connectivity index (χ0n) is 14.0. The molecule has 1 amide bonds. The Labute approximate surface area is 147 Å². The molecule has 3 rings (SSSR count). The van der Waals surface area contributed by atoms with Crippen LogP contribution < -0.4 is 0 Å². The van der Waals surface area contributed by atoms with Gasteiger partial charge >= 0.3 is 0 Å². The lowest BCUT2D eigenvalue weighted by Crippen LogP contribution is -2.44. The maximum Gasteiger partial charge on any atom is 0.227 e. The van der Waals surface area contributed by atoms with Gasteiger partial charge in [0.1, 0.15) is 0 Å². The van der Waals surface area contributed by atoms with E-state index in [2.05, 4.69) is 22.4 Å². The number of piperidine rings is 1. The number of nitrogens with zero attached hydrogens (tertiary/aromatic N) is 1. The molecule has 0 spiro atoms. The van der Waals surface area contributed by atoms with Gasteiger partial charge in [-0.15, -0.1) is 11.3 Å². The van der Waals surface area contributed by atoms with Crippen LogP contribution in [0.1, 0.15) is 41.7 Å². The van der Waals surface area contributed by atoms with Crippen LogP contribution >= 0.6 is 11.3 Å². The third-order valence-corrected chi connectivity index (χ3v) is 5.75. The number of rotatable bonds is 6. The first kappa shape index (κ1) is 17.2. The summed E-state index contributed by atoms with van der Waals surface area (Å²) in [7, 11) is 0. The van der Waals surface area contributed by atoms with E-state index < -0.39 is 0 Å². The van der Waals surface area contributed by atoms with Gasteiger partial charge in [0.05, 0.1) is 13.0 Å². The van der Waals surface area contributed by atoms with Gasteiger partial charge in [-0.05, 0) is 54.7 Å². The van der Waals surface area contributed by atoms with E-state index in [4.69, 9.17) is 5.11 Å². The summed E-state index contributed by atoms with van der Waals surface area (Å²) in [4.78, 5) is 16.3. The highest BCUT2D eigenvalue weighted by Crippen LogP contribution is 2.23. The number of likely N-dealkylation sites (tertiary alicyclic amines) is 1. The molecular formula is C20H25NO2S. The van der Waals surface area contributed by atoms with Crippen molar-refractivity contribution in [3.63, 3.8) is 0 Å². The molecule has 3 nitrogen and oxygen atoms in total. The number of aliphatic hydroxyl groups is 1. The predicted molar refractivity (Wildman–Crippen MR) is 98.1 cm³/mol. The Morgan fingerprint density at radius 2 is 1.96 bits per heavy atom. The number of amides is 1. The number of aryl methyl sites for hydroxylation is 1. The van der Waals surface area contributed by atoms with E-state index in [9.17, 15) is 4.79 Å². The summed E-state index contributed by atoms with van der Waals surface area (Å²) in [6.07, 6.45) is 6.06. The summed E-state index contributed by atoms with van der Waals surface area (Å²) < 4.78 is 0. The Morgan fingerprint density at radius 3 is 2.67 bits per heavy atom. The molecule has 128 valence electrons. The molecule has 1 atom stereocenters.